The second-order valence-corrected chi connectivity index (χ2v) is 14.8. The van der Waals surface area contributed by atoms with E-state index in [1.54, 1.807) is 77.9 Å². The van der Waals surface area contributed by atoms with Gasteiger partial charge < -0.3 is 35.3 Å². The number of hydrogen-bond acceptors (Lipinski definition) is 12. The fourth-order valence-corrected chi connectivity index (χ4v) is 6.60. The van der Waals surface area contributed by atoms with Crippen LogP contribution in [0.3, 0.4) is 0 Å². The molecule has 54 heavy (non-hydrogen) atoms. The van der Waals surface area contributed by atoms with Crippen LogP contribution >= 0.6 is 0 Å². The quantitative estimate of drug-likeness (QED) is 0.211. The highest BCUT2D eigenvalue weighted by Crippen LogP contribution is 2.47. The number of amides is 6. The molecule has 2 aliphatic carbocycles. The van der Waals surface area contributed by atoms with Gasteiger partial charge in [0, 0.05) is 42.4 Å². The molecule has 0 unspecified atom stereocenters. The molecule has 0 radical (unpaired) electrons. The highest BCUT2D eigenvalue weighted by atomic mass is 16.6. The van der Waals surface area contributed by atoms with Gasteiger partial charge in [0.2, 0.25) is 11.2 Å². The maximum Gasteiger partial charge on any atom is 0.418 e. The highest BCUT2D eigenvalue weighted by Gasteiger charge is 2.59. The first-order chi connectivity index (χ1) is 24.2. The molecule has 2 heterocycles. The Balaban J connectivity index is 0.000000283. The van der Waals surface area contributed by atoms with Crippen molar-refractivity contribution in [1.82, 2.24) is 15.1 Å². The van der Waals surface area contributed by atoms with Gasteiger partial charge in [0.1, 0.15) is 24.3 Å². The van der Waals surface area contributed by atoms with Gasteiger partial charge in [-0.1, -0.05) is 27.0 Å². The van der Waals surface area contributed by atoms with Crippen molar-refractivity contribution in [1.29, 1.82) is 0 Å². The molecule has 0 aromatic heterocycles. The Hall–Kier alpha value is -5.67. The Morgan fingerprint density at radius 3 is 1.59 bits per heavy atom. The number of ether oxygens (including phenoxy) is 4. The predicted octanol–water partition coefficient (Wildman–Crippen LogP) is 4.90. The summed E-state index contributed by atoms with van der Waals surface area (Å²) in [6.45, 7) is 9.30. The Labute approximate surface area is 315 Å². The Morgan fingerprint density at radius 2 is 1.17 bits per heavy atom. The van der Waals surface area contributed by atoms with Crippen molar-refractivity contribution in [2.45, 2.75) is 104 Å². The van der Waals surface area contributed by atoms with Crippen molar-refractivity contribution < 1.29 is 52.5 Å². The summed E-state index contributed by atoms with van der Waals surface area (Å²) in [6, 6.07) is 9.84. The molecule has 6 rings (SSSR count). The third kappa shape index (κ3) is 8.42. The van der Waals surface area contributed by atoms with Gasteiger partial charge in [-0.15, -0.1) is 0 Å². The molecule has 294 valence electrons. The summed E-state index contributed by atoms with van der Waals surface area (Å²) >= 11 is 0. The van der Waals surface area contributed by atoms with Crippen molar-refractivity contribution in [3.63, 3.8) is 0 Å². The molecule has 2 aliphatic heterocycles. The van der Waals surface area contributed by atoms with Crippen LogP contribution in [0.25, 0.3) is 0 Å². The Bertz CT molecular complexity index is 1860. The lowest BCUT2D eigenvalue weighted by molar-refractivity contribution is -0.158. The van der Waals surface area contributed by atoms with E-state index in [1.807, 2.05) is 0 Å². The first-order valence-corrected chi connectivity index (χ1v) is 16.7. The molecule has 2 aromatic rings. The van der Waals surface area contributed by atoms with Crippen molar-refractivity contribution in [3.8, 4) is 0 Å². The zero-order chi connectivity index (χ0) is 38.4. The third-order valence-electron chi connectivity index (χ3n) is 8.64. The number of nitrogens with two attached hydrogens (primary N) is 1. The highest BCUT2D eigenvalue weighted by molar-refractivity contribution is 6.07. The molecule has 4 aliphatic rings. The van der Waals surface area contributed by atoms with Gasteiger partial charge >= 0.3 is 30.2 Å². The fraction of sp³-hybridized carbons (Fsp3) is 0.500. The number of imide groups is 2. The van der Waals surface area contributed by atoms with E-state index in [4.69, 9.17) is 24.7 Å². The fourth-order valence-electron chi connectivity index (χ4n) is 6.60. The number of nitrogen functional groups attached to an aromatic ring is 1. The summed E-state index contributed by atoms with van der Waals surface area (Å²) < 4.78 is 21.3. The molecule has 2 saturated heterocycles. The van der Waals surface area contributed by atoms with Gasteiger partial charge in [-0.25, -0.2) is 24.2 Å². The van der Waals surface area contributed by atoms with E-state index in [2.05, 4.69) is 10.6 Å². The third-order valence-corrected chi connectivity index (χ3v) is 8.64. The second kappa shape index (κ2) is 15.4. The maximum absolute atomic E-state index is 13.0. The summed E-state index contributed by atoms with van der Waals surface area (Å²) in [4.78, 5) is 87.4. The number of urea groups is 1. The van der Waals surface area contributed by atoms with E-state index in [-0.39, 0.29) is 27.3 Å². The minimum absolute atomic E-state index is 0. The Morgan fingerprint density at radius 1 is 0.741 bits per heavy atom. The standard InChI is InChI=1S/C19H23N3O6.C17H20N2O5.2CH4/c1-18(2,3)27-14(23)10-22-15(24)19(28-17(22)26)8-7-11-9-12(5-6-13(11)19)21-16(25)20-4;1-16(2,3)23-13(20)9-19-14(21)17(24-15(19)22)7-6-10-8-11(18)4-5-12(10)17;;/h5-6,9H,7-8,10H2,1-4H3,(H2,20,21,25);4-5,8H,6-7,9,18H2,1-3H3;2*1H4/t19-;17-;;/m00../s1. The molecular weight excluding hydrogens is 702 g/mol. The van der Waals surface area contributed by atoms with E-state index in [9.17, 15) is 33.6 Å². The minimum atomic E-state index is -1.43. The minimum Gasteiger partial charge on any atom is -0.459 e. The van der Waals surface area contributed by atoms with Crippen LogP contribution in [0.1, 0.15) is 91.5 Å². The van der Waals surface area contributed by atoms with Crippen LogP contribution in [0.15, 0.2) is 36.4 Å². The summed E-state index contributed by atoms with van der Waals surface area (Å²) in [5.41, 5.74) is 5.62. The van der Waals surface area contributed by atoms with Crippen LogP contribution < -0.4 is 16.4 Å². The first-order valence-electron chi connectivity index (χ1n) is 16.7. The largest absolute Gasteiger partial charge is 0.459 e. The number of nitrogens with zero attached hydrogens (tertiary/aromatic N) is 2. The number of anilines is 2. The molecule has 4 N–H and O–H groups in total. The molecule has 2 aromatic carbocycles. The van der Waals surface area contributed by atoms with Gasteiger partial charge in [-0.2, -0.15) is 0 Å². The van der Waals surface area contributed by atoms with E-state index < -0.39 is 71.4 Å². The number of hydrogen-bond donors (Lipinski definition) is 3. The number of benzene rings is 2. The predicted molar refractivity (Wildman–Crippen MR) is 197 cm³/mol. The van der Waals surface area contributed by atoms with Crippen LogP contribution in [-0.2, 0) is 62.2 Å². The van der Waals surface area contributed by atoms with Crippen LogP contribution in [0.2, 0.25) is 0 Å². The van der Waals surface area contributed by atoms with Gasteiger partial charge in [-0.3, -0.25) is 19.2 Å². The normalized spacial score (nSPS) is 20.9. The molecular formula is C38H51N5O11. The molecule has 2 fully saturated rings. The number of esters is 2. The molecule has 6 amide bonds. The average Bonchev–Trinajstić information content (AvgIpc) is 3.71. The number of aryl methyl sites for hydroxylation is 2. The first kappa shape index (κ1) is 42.7. The molecule has 0 saturated carbocycles. The number of nitrogens with one attached hydrogen (secondary N) is 2. The number of fused-ring (bicyclic) bond motifs is 4. The summed E-state index contributed by atoms with van der Waals surface area (Å²) in [6.07, 6.45) is 0.0201. The Kier molecular flexibility index (Phi) is 12.2. The average molecular weight is 754 g/mol. The molecule has 16 nitrogen and oxygen atoms in total. The zero-order valence-corrected chi connectivity index (χ0v) is 30.2. The van der Waals surface area contributed by atoms with Crippen molar-refractivity contribution >= 4 is 53.3 Å². The number of carbonyl (C=O) groups excluding carboxylic acids is 7. The van der Waals surface area contributed by atoms with Gasteiger partial charge in [-0.05, 0) is 89.8 Å². The number of rotatable bonds is 5. The van der Waals surface area contributed by atoms with Crippen LogP contribution in [0.5, 0.6) is 0 Å². The molecule has 2 spiro atoms. The smallest absolute Gasteiger partial charge is 0.418 e. The summed E-state index contributed by atoms with van der Waals surface area (Å²) in [5.74, 6) is -2.44. The number of carbonyl (C=O) groups is 7. The lowest BCUT2D eigenvalue weighted by atomic mass is 9.94. The molecule has 0 bridgehead atoms. The monoisotopic (exact) mass is 753 g/mol. The van der Waals surface area contributed by atoms with Crippen molar-refractivity contribution in [3.05, 3.63) is 58.7 Å². The van der Waals surface area contributed by atoms with E-state index in [0.29, 0.717) is 41.8 Å². The topological polar surface area (TPSA) is 213 Å². The van der Waals surface area contributed by atoms with Gasteiger partial charge in [0.15, 0.2) is 0 Å². The van der Waals surface area contributed by atoms with Crippen LogP contribution in [-0.4, -0.2) is 83.1 Å². The van der Waals surface area contributed by atoms with Gasteiger partial charge in [0.05, 0.1) is 0 Å². The van der Waals surface area contributed by atoms with Crippen LogP contribution in [0, 0.1) is 0 Å². The molecule has 2 atom stereocenters. The van der Waals surface area contributed by atoms with E-state index in [0.717, 1.165) is 20.9 Å². The lowest BCUT2D eigenvalue weighted by Gasteiger charge is -2.22. The maximum atomic E-state index is 13.0. The van der Waals surface area contributed by atoms with Crippen molar-refractivity contribution in [2.75, 3.05) is 31.2 Å². The SMILES string of the molecule is C.C.CC(C)(C)OC(=O)CN1C(=O)O[C@]2(CCc3cc(N)ccc32)C1=O.CNC(=O)Nc1ccc2c(c1)CC[C@]21OC(=O)N(CC(=O)OC(C)(C)C)C1=O. The van der Waals surface area contributed by atoms with E-state index >= 15 is 0 Å². The second-order valence-electron chi connectivity index (χ2n) is 14.8. The summed E-state index contributed by atoms with van der Waals surface area (Å²) in [5, 5.41) is 5.12. The van der Waals surface area contributed by atoms with Gasteiger partial charge in [0.25, 0.3) is 11.8 Å². The summed E-state index contributed by atoms with van der Waals surface area (Å²) in [7, 11) is 1.51. The molecule has 16 heteroatoms. The van der Waals surface area contributed by atoms with E-state index in [1.165, 1.54) is 7.05 Å². The van der Waals surface area contributed by atoms with Crippen LogP contribution in [0.4, 0.5) is 25.8 Å². The van der Waals surface area contributed by atoms with Crippen molar-refractivity contribution in [2.24, 2.45) is 0 Å². The zero-order valence-electron chi connectivity index (χ0n) is 30.2. The lowest BCUT2D eigenvalue weighted by Crippen LogP contribution is -2.41.